The van der Waals surface area contributed by atoms with Crippen molar-refractivity contribution in [3.8, 4) is 6.07 Å². The zero-order valence-electron chi connectivity index (χ0n) is 16.0. The number of nitrogens with one attached hydrogen (secondary N) is 2. The van der Waals surface area contributed by atoms with E-state index in [2.05, 4.69) is 15.6 Å². The lowest BCUT2D eigenvalue weighted by Crippen LogP contribution is -2.47. The first-order valence-corrected chi connectivity index (χ1v) is 8.83. The highest BCUT2D eigenvalue weighted by Gasteiger charge is 2.25. The zero-order valence-corrected chi connectivity index (χ0v) is 16.7. The molecular formula is C18H26ClFN4O2. The van der Waals surface area contributed by atoms with Gasteiger partial charge in [0.2, 0.25) is 0 Å². The van der Waals surface area contributed by atoms with Crippen molar-refractivity contribution in [3.05, 3.63) is 22.6 Å². The van der Waals surface area contributed by atoms with Crippen molar-refractivity contribution in [2.45, 2.75) is 65.6 Å². The second kappa shape index (κ2) is 9.04. The summed E-state index contributed by atoms with van der Waals surface area (Å²) in [6, 6.07) is 2.15. The van der Waals surface area contributed by atoms with Crippen LogP contribution in [-0.4, -0.2) is 28.8 Å². The Hall–Kier alpha value is -2.07. The van der Waals surface area contributed by atoms with Crippen molar-refractivity contribution in [1.82, 2.24) is 10.3 Å². The zero-order chi connectivity index (χ0) is 20.1. The first-order valence-electron chi connectivity index (χ1n) is 8.45. The number of nitrogens with zero attached hydrogens (tertiary/aromatic N) is 2. The summed E-state index contributed by atoms with van der Waals surface area (Å²) in [7, 11) is 0. The van der Waals surface area contributed by atoms with Gasteiger partial charge in [0, 0.05) is 12.1 Å². The normalized spacial score (nSPS) is 13.7. The fourth-order valence-corrected chi connectivity index (χ4v) is 2.49. The quantitative estimate of drug-likeness (QED) is 0.706. The molecule has 0 bridgehead atoms. The maximum Gasteiger partial charge on any atom is 0.407 e. The summed E-state index contributed by atoms with van der Waals surface area (Å²) in [6.45, 7) is 11.2. The average molecular weight is 385 g/mol. The van der Waals surface area contributed by atoms with E-state index in [0.29, 0.717) is 6.42 Å². The molecule has 0 aliphatic carbocycles. The number of aromatic nitrogens is 1. The highest BCUT2D eigenvalue weighted by atomic mass is 35.5. The van der Waals surface area contributed by atoms with E-state index >= 15 is 0 Å². The van der Waals surface area contributed by atoms with Gasteiger partial charge < -0.3 is 15.4 Å². The standard InChI is InChI=1S/C18H26ClFN4O2/c1-10(2)7-14(11(3)22-17(25)26-18(4,5)6)23-16-13(20)8-12(9-21)15(19)24-16/h8,10-11,14H,7H2,1-6H3,(H,22,25)(H,23,24)/t11-,14+/m0/s1. The predicted octanol–water partition coefficient (Wildman–Crippen LogP) is 4.49. The lowest BCUT2D eigenvalue weighted by Gasteiger charge is -2.29. The average Bonchev–Trinajstić information content (AvgIpc) is 2.47. The molecule has 8 heteroatoms. The van der Waals surface area contributed by atoms with Crippen LogP contribution in [0, 0.1) is 23.1 Å². The van der Waals surface area contributed by atoms with Crippen LogP contribution in [0.15, 0.2) is 6.07 Å². The highest BCUT2D eigenvalue weighted by Crippen LogP contribution is 2.22. The third kappa shape index (κ3) is 7.04. The first-order chi connectivity index (χ1) is 11.9. The van der Waals surface area contributed by atoms with Gasteiger partial charge in [0.1, 0.15) is 16.8 Å². The number of ether oxygens (including phenoxy) is 1. The molecule has 144 valence electrons. The van der Waals surface area contributed by atoms with Crippen LogP contribution < -0.4 is 10.6 Å². The minimum Gasteiger partial charge on any atom is -0.444 e. The van der Waals surface area contributed by atoms with Crippen molar-refractivity contribution in [2.24, 2.45) is 5.92 Å². The smallest absolute Gasteiger partial charge is 0.407 e. The van der Waals surface area contributed by atoms with Gasteiger partial charge in [0.25, 0.3) is 0 Å². The third-order valence-corrected chi connectivity index (χ3v) is 3.73. The minimum absolute atomic E-state index is 0.0324. The van der Waals surface area contributed by atoms with E-state index in [4.69, 9.17) is 21.6 Å². The summed E-state index contributed by atoms with van der Waals surface area (Å²) < 4.78 is 19.5. The van der Waals surface area contributed by atoms with E-state index in [0.717, 1.165) is 6.07 Å². The molecule has 2 atom stereocenters. The van der Waals surface area contributed by atoms with E-state index in [-0.39, 0.29) is 34.5 Å². The molecule has 0 radical (unpaired) electrons. The maximum atomic E-state index is 14.2. The van der Waals surface area contributed by atoms with Gasteiger partial charge in [-0.25, -0.2) is 14.2 Å². The van der Waals surface area contributed by atoms with Gasteiger partial charge in [-0.3, -0.25) is 0 Å². The van der Waals surface area contributed by atoms with Gasteiger partial charge in [0.15, 0.2) is 11.6 Å². The summed E-state index contributed by atoms with van der Waals surface area (Å²) in [5.74, 6) is -0.450. The number of rotatable bonds is 6. The van der Waals surface area contributed by atoms with Crippen LogP contribution in [0.4, 0.5) is 15.0 Å². The summed E-state index contributed by atoms with van der Waals surface area (Å²) >= 11 is 5.90. The fraction of sp³-hybridized carbons (Fsp3) is 0.611. The molecule has 1 aromatic rings. The number of hydrogen-bond donors (Lipinski definition) is 2. The third-order valence-electron chi connectivity index (χ3n) is 3.45. The first kappa shape index (κ1) is 22.0. The monoisotopic (exact) mass is 384 g/mol. The molecule has 0 saturated carbocycles. The Kier molecular flexibility index (Phi) is 7.64. The lowest BCUT2D eigenvalue weighted by atomic mass is 9.98. The number of amides is 1. The Morgan fingerprint density at radius 1 is 1.42 bits per heavy atom. The Bertz CT molecular complexity index is 683. The van der Waals surface area contributed by atoms with E-state index in [9.17, 15) is 9.18 Å². The van der Waals surface area contributed by atoms with Gasteiger partial charge >= 0.3 is 6.09 Å². The van der Waals surface area contributed by atoms with Gasteiger partial charge in [-0.05, 0) is 46.1 Å². The molecule has 1 amide bonds. The van der Waals surface area contributed by atoms with Crippen LogP contribution >= 0.6 is 11.6 Å². The van der Waals surface area contributed by atoms with E-state index < -0.39 is 17.5 Å². The fourth-order valence-electron chi connectivity index (χ4n) is 2.31. The van der Waals surface area contributed by atoms with Crippen LogP contribution in [0.5, 0.6) is 0 Å². The van der Waals surface area contributed by atoms with Crippen molar-refractivity contribution in [1.29, 1.82) is 5.26 Å². The molecular weight excluding hydrogens is 359 g/mol. The molecule has 1 aromatic heterocycles. The number of halogens is 2. The van der Waals surface area contributed by atoms with Crippen LogP contribution in [0.1, 0.15) is 53.5 Å². The Morgan fingerprint density at radius 3 is 2.54 bits per heavy atom. The molecule has 0 aromatic carbocycles. The number of nitriles is 1. The number of anilines is 1. The molecule has 0 unspecified atom stereocenters. The number of pyridine rings is 1. The SMILES string of the molecule is CC(C)C[C@@H](Nc1nc(Cl)c(C#N)cc1F)[C@H](C)NC(=O)OC(C)(C)C. The number of alkyl carbamates (subject to hydrolysis) is 1. The van der Waals surface area contributed by atoms with Crippen molar-refractivity contribution < 1.29 is 13.9 Å². The molecule has 6 nitrogen and oxygen atoms in total. The van der Waals surface area contributed by atoms with Gasteiger partial charge in [-0.2, -0.15) is 5.26 Å². The minimum atomic E-state index is -0.677. The largest absolute Gasteiger partial charge is 0.444 e. The number of carbonyl (C=O) groups excluding carboxylic acids is 1. The molecule has 0 spiro atoms. The van der Waals surface area contributed by atoms with E-state index in [1.807, 2.05) is 13.8 Å². The van der Waals surface area contributed by atoms with Crippen LogP contribution in [0.25, 0.3) is 0 Å². The predicted molar refractivity (Wildman–Crippen MR) is 99.6 cm³/mol. The Labute approximate surface area is 159 Å². The van der Waals surface area contributed by atoms with Crippen molar-refractivity contribution in [3.63, 3.8) is 0 Å². The number of carbonyl (C=O) groups is 1. The summed E-state index contributed by atoms with van der Waals surface area (Å²) in [6.07, 6.45) is 0.0993. The summed E-state index contributed by atoms with van der Waals surface area (Å²) in [4.78, 5) is 15.9. The summed E-state index contributed by atoms with van der Waals surface area (Å²) in [5.41, 5.74) is -0.644. The van der Waals surface area contributed by atoms with Gasteiger partial charge in [0.05, 0.1) is 5.56 Å². The van der Waals surface area contributed by atoms with Crippen LogP contribution in [0.3, 0.4) is 0 Å². The highest BCUT2D eigenvalue weighted by molar-refractivity contribution is 6.30. The van der Waals surface area contributed by atoms with Gasteiger partial charge in [-0.15, -0.1) is 0 Å². The molecule has 26 heavy (non-hydrogen) atoms. The molecule has 0 aliphatic heterocycles. The number of hydrogen-bond acceptors (Lipinski definition) is 5. The van der Waals surface area contributed by atoms with E-state index in [1.165, 1.54) is 0 Å². The maximum absolute atomic E-state index is 14.2. The molecule has 0 saturated heterocycles. The van der Waals surface area contributed by atoms with Crippen LogP contribution in [-0.2, 0) is 4.74 Å². The lowest BCUT2D eigenvalue weighted by molar-refractivity contribution is 0.0501. The molecule has 1 rings (SSSR count). The topological polar surface area (TPSA) is 87.0 Å². The Balaban J connectivity index is 2.95. The second-order valence-electron chi connectivity index (χ2n) is 7.58. The van der Waals surface area contributed by atoms with Crippen LogP contribution in [0.2, 0.25) is 5.15 Å². The Morgan fingerprint density at radius 2 is 2.04 bits per heavy atom. The van der Waals surface area contributed by atoms with E-state index in [1.54, 1.807) is 33.8 Å². The van der Waals surface area contributed by atoms with Crippen molar-refractivity contribution in [2.75, 3.05) is 5.32 Å². The molecule has 2 N–H and O–H groups in total. The molecule has 1 heterocycles. The van der Waals surface area contributed by atoms with Gasteiger partial charge in [-0.1, -0.05) is 25.4 Å². The molecule has 0 fully saturated rings. The van der Waals surface area contributed by atoms with Crippen molar-refractivity contribution >= 4 is 23.5 Å². The second-order valence-corrected chi connectivity index (χ2v) is 7.94. The molecule has 0 aliphatic rings. The summed E-state index contributed by atoms with van der Waals surface area (Å²) in [5, 5.41) is 14.6.